The van der Waals surface area contributed by atoms with E-state index in [-0.39, 0.29) is 5.97 Å². The zero-order valence-electron chi connectivity index (χ0n) is 13.9. The van der Waals surface area contributed by atoms with Crippen molar-refractivity contribution in [2.75, 3.05) is 6.61 Å². The fourth-order valence-corrected chi connectivity index (χ4v) is 2.39. The van der Waals surface area contributed by atoms with E-state index in [1.807, 2.05) is 42.5 Å². The fourth-order valence-electron chi connectivity index (χ4n) is 2.39. The topological polar surface area (TPSA) is 51.0 Å². The number of hydrogen-bond acceptors (Lipinski definition) is 4. The normalized spacial score (nSPS) is 12.0. The molecule has 0 saturated carbocycles. The van der Waals surface area contributed by atoms with Crippen molar-refractivity contribution in [3.63, 3.8) is 0 Å². The highest BCUT2D eigenvalue weighted by molar-refractivity contribution is 5.81. The molecule has 0 bridgehead atoms. The van der Waals surface area contributed by atoms with Crippen LogP contribution in [0.15, 0.2) is 77.5 Å². The Bertz CT molecular complexity index is 679. The van der Waals surface area contributed by atoms with Crippen LogP contribution >= 0.6 is 0 Å². The van der Waals surface area contributed by atoms with Gasteiger partial charge in [0.15, 0.2) is 0 Å². The summed E-state index contributed by atoms with van der Waals surface area (Å²) in [6.45, 7) is 5.92. The number of nitrogens with zero attached hydrogens (tertiary/aromatic N) is 2. The molecule has 2 aromatic carbocycles. The number of ether oxygens (including phenoxy) is 1. The number of hydrogen-bond donors (Lipinski definition) is 0. The maximum atomic E-state index is 11.1. The Hall–Kier alpha value is -2.75. The van der Waals surface area contributed by atoms with E-state index >= 15 is 0 Å². The minimum atomic E-state index is -0.374. The van der Waals surface area contributed by atoms with Crippen molar-refractivity contribution in [3.8, 4) is 0 Å². The van der Waals surface area contributed by atoms with Gasteiger partial charge in [-0.25, -0.2) is 4.79 Å². The van der Waals surface area contributed by atoms with Gasteiger partial charge in [-0.15, -0.1) is 0 Å². The molecule has 0 N–H and O–H groups in total. The summed E-state index contributed by atoms with van der Waals surface area (Å²) in [6, 6.07) is 17.7. The smallest absolute Gasteiger partial charge is 0.330 e. The lowest BCUT2D eigenvalue weighted by molar-refractivity contribution is -0.137. The molecule has 0 heterocycles. The third-order valence-electron chi connectivity index (χ3n) is 3.77. The van der Waals surface area contributed by atoms with Crippen LogP contribution in [0.4, 0.5) is 11.4 Å². The lowest BCUT2D eigenvalue weighted by atomic mass is 9.93. The summed E-state index contributed by atoms with van der Waals surface area (Å²) < 4.78 is 5.07. The van der Waals surface area contributed by atoms with Crippen molar-refractivity contribution in [2.24, 2.45) is 10.2 Å². The second-order valence-electron chi connectivity index (χ2n) is 5.39. The van der Waals surface area contributed by atoms with E-state index < -0.39 is 0 Å². The van der Waals surface area contributed by atoms with Crippen LogP contribution in [0.1, 0.15) is 31.2 Å². The Labute approximate surface area is 142 Å². The third kappa shape index (κ3) is 5.47. The molecule has 2 aromatic rings. The van der Waals surface area contributed by atoms with Gasteiger partial charge in [-0.2, -0.15) is 10.2 Å². The molecule has 0 radical (unpaired) electrons. The van der Waals surface area contributed by atoms with E-state index in [0.29, 0.717) is 12.5 Å². The molecule has 0 spiro atoms. The van der Waals surface area contributed by atoms with E-state index in [9.17, 15) is 4.79 Å². The molecular weight excluding hydrogens is 300 g/mol. The fraction of sp³-hybridized carbons (Fsp3) is 0.250. The summed E-state index contributed by atoms with van der Waals surface area (Å²) in [7, 11) is 0. The van der Waals surface area contributed by atoms with E-state index in [1.54, 1.807) is 0 Å². The monoisotopic (exact) mass is 322 g/mol. The van der Waals surface area contributed by atoms with Crippen molar-refractivity contribution < 1.29 is 9.53 Å². The zero-order valence-corrected chi connectivity index (χ0v) is 13.9. The Kier molecular flexibility index (Phi) is 6.90. The Morgan fingerprint density at radius 1 is 1.08 bits per heavy atom. The van der Waals surface area contributed by atoms with Crippen molar-refractivity contribution in [3.05, 3.63) is 72.8 Å². The first-order chi connectivity index (χ1) is 11.7. The molecule has 0 amide bonds. The molecule has 1 atom stereocenters. The molecule has 0 aliphatic rings. The van der Waals surface area contributed by atoms with Gasteiger partial charge in [0.25, 0.3) is 0 Å². The summed E-state index contributed by atoms with van der Waals surface area (Å²) in [5, 5.41) is 8.45. The molecule has 24 heavy (non-hydrogen) atoms. The molecule has 0 aliphatic carbocycles. The van der Waals surface area contributed by atoms with E-state index in [2.05, 4.69) is 35.9 Å². The number of carbonyl (C=O) groups is 1. The van der Waals surface area contributed by atoms with Gasteiger partial charge < -0.3 is 4.74 Å². The largest absolute Gasteiger partial charge is 0.463 e. The molecule has 124 valence electrons. The van der Waals surface area contributed by atoms with Crippen LogP contribution < -0.4 is 0 Å². The highest BCUT2D eigenvalue weighted by Crippen LogP contribution is 2.26. The second-order valence-corrected chi connectivity index (χ2v) is 5.39. The number of azo groups is 1. The van der Waals surface area contributed by atoms with Crippen LogP contribution in [-0.2, 0) is 9.53 Å². The molecule has 0 saturated heterocycles. The minimum Gasteiger partial charge on any atom is -0.463 e. The van der Waals surface area contributed by atoms with Crippen LogP contribution in [0.3, 0.4) is 0 Å². The maximum Gasteiger partial charge on any atom is 0.330 e. The van der Waals surface area contributed by atoms with Crippen LogP contribution in [0.25, 0.3) is 0 Å². The molecule has 4 heteroatoms. The first-order valence-electron chi connectivity index (χ1n) is 8.09. The summed E-state index contributed by atoms with van der Waals surface area (Å²) in [6.07, 6.45) is 2.96. The number of carbonyl (C=O) groups excluding carboxylic acids is 1. The lowest BCUT2D eigenvalue weighted by Crippen LogP contribution is -2.06. The van der Waals surface area contributed by atoms with E-state index in [1.165, 1.54) is 11.6 Å². The van der Waals surface area contributed by atoms with Crippen LogP contribution in [-0.4, -0.2) is 12.6 Å². The van der Waals surface area contributed by atoms with Gasteiger partial charge in [0.05, 0.1) is 18.0 Å². The van der Waals surface area contributed by atoms with Crippen molar-refractivity contribution in [1.82, 2.24) is 0 Å². The first-order valence-corrected chi connectivity index (χ1v) is 8.09. The Morgan fingerprint density at radius 3 is 2.29 bits per heavy atom. The van der Waals surface area contributed by atoms with Crippen molar-refractivity contribution in [2.45, 2.75) is 25.7 Å². The molecule has 4 nitrogen and oxygen atoms in total. The molecule has 1 unspecified atom stereocenters. The molecule has 0 fully saturated rings. The average molecular weight is 322 g/mol. The van der Waals surface area contributed by atoms with Gasteiger partial charge in [0.1, 0.15) is 0 Å². The Balaban J connectivity index is 1.95. The quantitative estimate of drug-likeness (QED) is 0.355. The van der Waals surface area contributed by atoms with E-state index in [0.717, 1.165) is 24.2 Å². The predicted octanol–water partition coefficient (Wildman–Crippen LogP) is 5.71. The van der Waals surface area contributed by atoms with Gasteiger partial charge >= 0.3 is 5.97 Å². The van der Waals surface area contributed by atoms with Gasteiger partial charge in [-0.3, -0.25) is 0 Å². The molecular formula is C20H22N2O2. The lowest BCUT2D eigenvalue weighted by Gasteiger charge is -2.15. The molecule has 2 rings (SSSR count). The van der Waals surface area contributed by atoms with Gasteiger partial charge in [0.2, 0.25) is 0 Å². The number of rotatable bonds is 8. The van der Waals surface area contributed by atoms with Crippen molar-refractivity contribution >= 4 is 17.3 Å². The SMILES string of the molecule is C=CC(=O)OCCC(CC)c1ccc(/N=N/c2ccccc2)cc1. The minimum absolute atomic E-state index is 0.350. The maximum absolute atomic E-state index is 11.1. The van der Waals surface area contributed by atoms with Gasteiger partial charge in [-0.1, -0.05) is 43.8 Å². The van der Waals surface area contributed by atoms with Gasteiger partial charge in [-0.05, 0) is 48.6 Å². The highest BCUT2D eigenvalue weighted by Gasteiger charge is 2.10. The first kappa shape index (κ1) is 17.6. The van der Waals surface area contributed by atoms with Crippen LogP contribution in [0.5, 0.6) is 0 Å². The van der Waals surface area contributed by atoms with Gasteiger partial charge in [0, 0.05) is 6.08 Å². The van der Waals surface area contributed by atoms with Crippen molar-refractivity contribution in [1.29, 1.82) is 0 Å². The van der Waals surface area contributed by atoms with E-state index in [4.69, 9.17) is 4.74 Å². The molecule has 0 aliphatic heterocycles. The number of esters is 1. The predicted molar refractivity (Wildman–Crippen MR) is 95.9 cm³/mol. The standard InChI is InChI=1S/C20H22N2O2/c1-3-16(14-15-24-20(23)4-2)17-10-12-19(13-11-17)22-21-18-8-6-5-7-9-18/h4-13,16H,2-3,14-15H2,1H3/b22-21+. The zero-order chi connectivity index (χ0) is 17.2. The summed E-state index contributed by atoms with van der Waals surface area (Å²) >= 11 is 0. The third-order valence-corrected chi connectivity index (χ3v) is 3.77. The van der Waals surface area contributed by atoms with Crippen LogP contribution in [0, 0.1) is 0 Å². The number of benzene rings is 2. The Morgan fingerprint density at radius 2 is 1.71 bits per heavy atom. The molecule has 0 aromatic heterocycles. The van der Waals surface area contributed by atoms with Crippen LogP contribution in [0.2, 0.25) is 0 Å². The highest BCUT2D eigenvalue weighted by atomic mass is 16.5. The summed E-state index contributed by atoms with van der Waals surface area (Å²) in [4.78, 5) is 11.1. The average Bonchev–Trinajstić information content (AvgIpc) is 2.65. The summed E-state index contributed by atoms with van der Waals surface area (Å²) in [5.41, 5.74) is 2.86. The summed E-state index contributed by atoms with van der Waals surface area (Å²) in [5.74, 6) is -0.0238. The second kappa shape index (κ2) is 9.40.